The summed E-state index contributed by atoms with van der Waals surface area (Å²) >= 11 is 0. The molecule has 2 unspecified atom stereocenters. The van der Waals surface area contributed by atoms with Crippen LogP contribution >= 0.6 is 0 Å². The molecule has 0 saturated heterocycles. The van der Waals surface area contributed by atoms with Crippen molar-refractivity contribution in [2.45, 2.75) is 85.0 Å². The third-order valence-electron chi connectivity index (χ3n) is 5.93. The van der Waals surface area contributed by atoms with E-state index in [1.807, 2.05) is 83.1 Å². The highest BCUT2D eigenvalue weighted by molar-refractivity contribution is 5.94. The fourth-order valence-corrected chi connectivity index (χ4v) is 4.43. The zero-order chi connectivity index (χ0) is 30.3. The Kier molecular flexibility index (Phi) is 10.9. The molecule has 2 aromatic carbocycles. The molecule has 2 atom stereocenters. The van der Waals surface area contributed by atoms with Gasteiger partial charge in [-0.15, -0.1) is 0 Å². The van der Waals surface area contributed by atoms with Gasteiger partial charge in [-0.1, -0.05) is 59.7 Å². The van der Waals surface area contributed by atoms with Crippen molar-refractivity contribution in [1.82, 2.24) is 15.5 Å². The Hall–Kier alpha value is -3.88. The van der Waals surface area contributed by atoms with Gasteiger partial charge >= 0.3 is 12.1 Å². The highest BCUT2D eigenvalue weighted by Crippen LogP contribution is 2.31. The molecule has 0 aliphatic rings. The molecular formula is C31H43N3O6. The summed E-state index contributed by atoms with van der Waals surface area (Å²) in [5.74, 6) is -1.64. The molecule has 2 aromatic rings. The number of carbonyl (C=O) groups is 4. The van der Waals surface area contributed by atoms with Crippen LogP contribution in [0.1, 0.15) is 69.8 Å². The predicted octanol–water partition coefficient (Wildman–Crippen LogP) is 4.40. The van der Waals surface area contributed by atoms with Crippen LogP contribution < -0.4 is 10.6 Å². The molecule has 0 aliphatic heterocycles. The van der Waals surface area contributed by atoms with Gasteiger partial charge in [-0.05, 0) is 66.5 Å². The lowest BCUT2D eigenvalue weighted by molar-refractivity contribution is -0.149. The lowest BCUT2D eigenvalue weighted by atomic mass is 9.92. The van der Waals surface area contributed by atoms with Gasteiger partial charge in [0, 0.05) is 12.0 Å². The number of amides is 3. The van der Waals surface area contributed by atoms with Crippen molar-refractivity contribution in [2.24, 2.45) is 0 Å². The summed E-state index contributed by atoms with van der Waals surface area (Å²) in [4.78, 5) is 54.4. The first kappa shape index (κ1) is 32.3. The number of carbonyl (C=O) groups excluding carboxylic acids is 4. The minimum atomic E-state index is -1.10. The number of alkyl carbamates (subject to hydrolysis) is 1. The molecule has 0 aromatic heterocycles. The first-order valence-electron chi connectivity index (χ1n) is 13.3. The summed E-state index contributed by atoms with van der Waals surface area (Å²) in [5, 5.41) is 5.36. The quantitative estimate of drug-likeness (QED) is 0.445. The maximum Gasteiger partial charge on any atom is 0.408 e. The number of aryl methyl sites for hydroxylation is 2. The van der Waals surface area contributed by atoms with E-state index < -0.39 is 47.1 Å². The van der Waals surface area contributed by atoms with E-state index in [9.17, 15) is 19.2 Å². The van der Waals surface area contributed by atoms with Gasteiger partial charge in [-0.2, -0.15) is 0 Å². The molecule has 0 heterocycles. The average Bonchev–Trinajstić information content (AvgIpc) is 2.82. The fourth-order valence-electron chi connectivity index (χ4n) is 4.43. The fraction of sp³-hybridized carbons (Fsp3) is 0.484. The van der Waals surface area contributed by atoms with Gasteiger partial charge in [-0.25, -0.2) is 4.79 Å². The molecule has 2 rings (SSSR count). The molecule has 0 fully saturated rings. The van der Waals surface area contributed by atoms with Gasteiger partial charge in [0.25, 0.3) is 0 Å². The smallest absolute Gasteiger partial charge is 0.408 e. The summed E-state index contributed by atoms with van der Waals surface area (Å²) in [6.07, 6.45) is -0.566. The summed E-state index contributed by atoms with van der Waals surface area (Å²) < 4.78 is 10.2. The number of nitrogens with zero attached hydrogens (tertiary/aromatic N) is 1. The highest BCUT2D eigenvalue weighted by atomic mass is 16.6. The Morgan fingerprint density at radius 2 is 1.48 bits per heavy atom. The van der Waals surface area contributed by atoms with Gasteiger partial charge in [0.05, 0.1) is 7.11 Å². The zero-order valence-electron chi connectivity index (χ0n) is 25.1. The molecule has 0 spiro atoms. The van der Waals surface area contributed by atoms with Crippen molar-refractivity contribution in [3.63, 3.8) is 0 Å². The molecule has 3 amide bonds. The summed E-state index contributed by atoms with van der Waals surface area (Å²) in [6, 6.07) is 12.8. The maximum absolute atomic E-state index is 14.5. The molecule has 0 bridgehead atoms. The Bertz CT molecular complexity index is 1180. The first-order chi connectivity index (χ1) is 18.5. The van der Waals surface area contributed by atoms with E-state index >= 15 is 0 Å². The lowest BCUT2D eigenvalue weighted by Crippen LogP contribution is -2.59. The third kappa shape index (κ3) is 9.70. The monoisotopic (exact) mass is 553 g/mol. The molecule has 0 radical (unpaired) electrons. The van der Waals surface area contributed by atoms with Gasteiger partial charge in [-0.3, -0.25) is 14.4 Å². The highest BCUT2D eigenvalue weighted by Gasteiger charge is 2.42. The summed E-state index contributed by atoms with van der Waals surface area (Å²) in [7, 11) is 1.23. The van der Waals surface area contributed by atoms with E-state index in [1.54, 1.807) is 20.8 Å². The van der Waals surface area contributed by atoms with Gasteiger partial charge < -0.3 is 25.0 Å². The van der Waals surface area contributed by atoms with Crippen LogP contribution in [-0.2, 0) is 30.3 Å². The van der Waals surface area contributed by atoms with Crippen molar-refractivity contribution in [2.75, 3.05) is 13.7 Å². The predicted molar refractivity (Wildman–Crippen MR) is 154 cm³/mol. The van der Waals surface area contributed by atoms with Crippen molar-refractivity contribution >= 4 is 23.9 Å². The molecule has 9 nitrogen and oxygen atoms in total. The van der Waals surface area contributed by atoms with Crippen LogP contribution in [0.15, 0.2) is 48.5 Å². The van der Waals surface area contributed by atoms with E-state index in [2.05, 4.69) is 10.6 Å². The zero-order valence-corrected chi connectivity index (χ0v) is 25.1. The Labute approximate surface area is 237 Å². The second kappa shape index (κ2) is 13.5. The van der Waals surface area contributed by atoms with E-state index in [-0.39, 0.29) is 13.0 Å². The van der Waals surface area contributed by atoms with Crippen molar-refractivity contribution in [3.8, 4) is 0 Å². The average molecular weight is 554 g/mol. The SMILES string of the molecule is COC(=O)CNC(=O)C(c1cc(C)cc(C)c1)N(C(=O)C(Cc1ccccc1)NC(=O)OC(C)(C)C)C(C)(C)C. The van der Waals surface area contributed by atoms with Gasteiger partial charge in [0.2, 0.25) is 11.8 Å². The third-order valence-corrected chi connectivity index (χ3v) is 5.93. The number of hydrogen-bond acceptors (Lipinski definition) is 6. The molecule has 0 saturated carbocycles. The Morgan fingerprint density at radius 3 is 1.98 bits per heavy atom. The second-order valence-electron chi connectivity index (χ2n) is 11.9. The maximum atomic E-state index is 14.5. The number of nitrogens with one attached hydrogen (secondary N) is 2. The molecule has 2 N–H and O–H groups in total. The minimum Gasteiger partial charge on any atom is -0.468 e. The van der Waals surface area contributed by atoms with E-state index in [1.165, 1.54) is 12.0 Å². The molecule has 218 valence electrons. The largest absolute Gasteiger partial charge is 0.468 e. The second-order valence-corrected chi connectivity index (χ2v) is 11.9. The lowest BCUT2D eigenvalue weighted by Gasteiger charge is -2.43. The summed E-state index contributed by atoms with van der Waals surface area (Å²) in [5.41, 5.74) is 1.59. The number of ether oxygens (including phenoxy) is 2. The molecule has 40 heavy (non-hydrogen) atoms. The van der Waals surface area contributed by atoms with Crippen LogP contribution in [-0.4, -0.2) is 59.6 Å². The Balaban J connectivity index is 2.63. The first-order valence-corrected chi connectivity index (χ1v) is 13.3. The van der Waals surface area contributed by atoms with Crippen LogP contribution in [0.3, 0.4) is 0 Å². The van der Waals surface area contributed by atoms with Crippen LogP contribution in [0.2, 0.25) is 0 Å². The van der Waals surface area contributed by atoms with Crippen LogP contribution in [0.25, 0.3) is 0 Å². The Morgan fingerprint density at radius 1 is 0.900 bits per heavy atom. The normalized spacial score (nSPS) is 13.0. The van der Waals surface area contributed by atoms with Gasteiger partial charge in [0.1, 0.15) is 24.2 Å². The van der Waals surface area contributed by atoms with Crippen molar-refractivity contribution in [1.29, 1.82) is 0 Å². The molecule has 0 aliphatic carbocycles. The number of esters is 1. The van der Waals surface area contributed by atoms with Crippen LogP contribution in [0.4, 0.5) is 4.79 Å². The molecule has 9 heteroatoms. The van der Waals surface area contributed by atoms with Crippen LogP contribution in [0, 0.1) is 13.8 Å². The number of hydrogen-bond donors (Lipinski definition) is 2. The number of benzene rings is 2. The van der Waals surface area contributed by atoms with E-state index in [4.69, 9.17) is 9.47 Å². The standard InChI is InChI=1S/C31H43N3O6/c1-20-15-21(2)17-23(16-20)26(27(36)32-19-25(35)39-9)34(30(3,4)5)28(37)24(18-22-13-11-10-12-14-22)33-29(38)40-31(6,7)8/h10-17,24,26H,18-19H2,1-9H3,(H,32,36)(H,33,38). The minimum absolute atomic E-state index is 0.175. The van der Waals surface area contributed by atoms with Crippen LogP contribution in [0.5, 0.6) is 0 Å². The van der Waals surface area contributed by atoms with E-state index in [0.29, 0.717) is 5.56 Å². The summed E-state index contributed by atoms with van der Waals surface area (Å²) in [6.45, 7) is 14.1. The van der Waals surface area contributed by atoms with Crippen molar-refractivity contribution in [3.05, 3.63) is 70.8 Å². The van der Waals surface area contributed by atoms with Crippen molar-refractivity contribution < 1.29 is 28.7 Å². The number of methoxy groups -OCH3 is 1. The molecular weight excluding hydrogens is 510 g/mol. The van der Waals surface area contributed by atoms with E-state index in [0.717, 1.165) is 16.7 Å². The topological polar surface area (TPSA) is 114 Å². The number of rotatable bonds is 9. The van der Waals surface area contributed by atoms with Gasteiger partial charge in [0.15, 0.2) is 0 Å².